The lowest BCUT2D eigenvalue weighted by molar-refractivity contribution is -0.139. The van der Waals surface area contributed by atoms with Crippen molar-refractivity contribution >= 4 is 27.5 Å². The molecule has 0 radical (unpaired) electrons. The van der Waals surface area contributed by atoms with Crippen molar-refractivity contribution in [2.45, 2.75) is 53.2 Å². The first-order chi connectivity index (χ1) is 15.8. The zero-order valence-electron chi connectivity index (χ0n) is 21.0. The van der Waals surface area contributed by atoms with E-state index in [1.807, 2.05) is 39.0 Å². The molecule has 2 amide bonds. The van der Waals surface area contributed by atoms with E-state index in [1.165, 1.54) is 4.90 Å². The van der Waals surface area contributed by atoms with Gasteiger partial charge in [0.2, 0.25) is 21.8 Å². The molecule has 0 aliphatic carbocycles. The normalized spacial score (nSPS) is 12.2. The summed E-state index contributed by atoms with van der Waals surface area (Å²) in [7, 11) is -2.19. The topological polar surface area (TPSA) is 96.0 Å². The maximum atomic E-state index is 13.5. The molecule has 34 heavy (non-hydrogen) atoms. The molecule has 0 aliphatic heterocycles. The number of nitrogens with one attached hydrogen (secondary N) is 1. The molecule has 1 atom stereocenters. The molecule has 0 aliphatic rings. The quantitative estimate of drug-likeness (QED) is 0.554. The zero-order chi connectivity index (χ0) is 25.6. The summed E-state index contributed by atoms with van der Waals surface area (Å²) in [5.41, 5.74) is 2.95. The van der Waals surface area contributed by atoms with Gasteiger partial charge in [-0.2, -0.15) is 0 Å². The Labute approximate surface area is 202 Å². The Morgan fingerprint density at radius 1 is 1.03 bits per heavy atom. The van der Waals surface area contributed by atoms with Crippen LogP contribution in [0.5, 0.6) is 5.75 Å². The first-order valence-electron chi connectivity index (χ1n) is 11.1. The van der Waals surface area contributed by atoms with Gasteiger partial charge in [0.25, 0.3) is 0 Å². The van der Waals surface area contributed by atoms with Crippen molar-refractivity contribution < 1.29 is 22.7 Å². The Morgan fingerprint density at radius 2 is 1.65 bits per heavy atom. The number of ether oxygens (including phenoxy) is 1. The van der Waals surface area contributed by atoms with Gasteiger partial charge in [0.15, 0.2) is 0 Å². The fraction of sp³-hybridized carbons (Fsp3) is 0.440. The van der Waals surface area contributed by atoms with Crippen molar-refractivity contribution in [1.29, 1.82) is 0 Å². The van der Waals surface area contributed by atoms with Gasteiger partial charge in [0, 0.05) is 12.6 Å². The molecule has 9 heteroatoms. The second-order valence-corrected chi connectivity index (χ2v) is 10.7. The first kappa shape index (κ1) is 27.2. The highest BCUT2D eigenvalue weighted by atomic mass is 32.2. The molecule has 0 bridgehead atoms. The molecule has 8 nitrogen and oxygen atoms in total. The zero-order valence-corrected chi connectivity index (χ0v) is 21.8. The van der Waals surface area contributed by atoms with Crippen LogP contribution in [0.4, 0.5) is 5.69 Å². The van der Waals surface area contributed by atoms with Gasteiger partial charge in [0.1, 0.15) is 18.3 Å². The molecule has 186 valence electrons. The standard InChI is InChI=1S/C25H35N3O5S/c1-17(2)26-25(30)20(5)27(15-21-9-11-22(33-6)12-10-21)24(29)16-28(34(7,31)32)23-13-8-18(3)14-19(23)4/h8-14,17,20H,15-16H2,1-7H3,(H,26,30). The van der Waals surface area contributed by atoms with Crippen LogP contribution in [0.25, 0.3) is 0 Å². The van der Waals surface area contributed by atoms with Gasteiger partial charge in [-0.3, -0.25) is 13.9 Å². The van der Waals surface area contributed by atoms with Crippen molar-refractivity contribution in [2.75, 3.05) is 24.2 Å². The number of hydrogen-bond acceptors (Lipinski definition) is 5. The predicted molar refractivity (Wildman–Crippen MR) is 134 cm³/mol. The van der Waals surface area contributed by atoms with E-state index < -0.39 is 28.5 Å². The van der Waals surface area contributed by atoms with Crippen molar-refractivity contribution in [2.24, 2.45) is 0 Å². The summed E-state index contributed by atoms with van der Waals surface area (Å²) in [6.07, 6.45) is 1.07. The second kappa shape index (κ2) is 11.4. The second-order valence-electron chi connectivity index (χ2n) is 8.77. The van der Waals surface area contributed by atoms with Crippen LogP contribution in [0.15, 0.2) is 42.5 Å². The molecule has 0 saturated heterocycles. The lowest BCUT2D eigenvalue weighted by atomic mass is 10.1. The third kappa shape index (κ3) is 7.21. The minimum atomic E-state index is -3.76. The van der Waals surface area contributed by atoms with Crippen molar-refractivity contribution in [1.82, 2.24) is 10.2 Å². The Bertz CT molecular complexity index is 1110. The van der Waals surface area contributed by atoms with E-state index in [0.29, 0.717) is 11.4 Å². The van der Waals surface area contributed by atoms with E-state index in [2.05, 4.69) is 5.32 Å². The molecule has 2 aromatic carbocycles. The fourth-order valence-electron chi connectivity index (χ4n) is 3.60. The van der Waals surface area contributed by atoms with Gasteiger partial charge in [-0.1, -0.05) is 29.8 Å². The third-order valence-electron chi connectivity index (χ3n) is 5.41. The summed E-state index contributed by atoms with van der Waals surface area (Å²) in [4.78, 5) is 27.7. The summed E-state index contributed by atoms with van der Waals surface area (Å²) in [6.45, 7) is 8.76. The Kier molecular flexibility index (Phi) is 9.09. The minimum Gasteiger partial charge on any atom is -0.497 e. The third-order valence-corrected chi connectivity index (χ3v) is 6.54. The average molecular weight is 490 g/mol. The van der Waals surface area contributed by atoms with Gasteiger partial charge in [-0.15, -0.1) is 0 Å². The fourth-order valence-corrected chi connectivity index (χ4v) is 4.50. The van der Waals surface area contributed by atoms with Crippen LogP contribution in [0.1, 0.15) is 37.5 Å². The van der Waals surface area contributed by atoms with Gasteiger partial charge in [0.05, 0.1) is 19.1 Å². The molecular weight excluding hydrogens is 454 g/mol. The highest BCUT2D eigenvalue weighted by Gasteiger charge is 2.30. The Morgan fingerprint density at radius 3 is 2.15 bits per heavy atom. The van der Waals surface area contributed by atoms with E-state index in [-0.39, 0.29) is 18.5 Å². The number of aryl methyl sites for hydroxylation is 2. The number of carbonyl (C=O) groups excluding carboxylic acids is 2. The highest BCUT2D eigenvalue weighted by molar-refractivity contribution is 7.92. The largest absolute Gasteiger partial charge is 0.497 e. The summed E-state index contributed by atoms with van der Waals surface area (Å²) >= 11 is 0. The average Bonchev–Trinajstić information content (AvgIpc) is 2.75. The van der Waals surface area contributed by atoms with E-state index in [1.54, 1.807) is 45.2 Å². The number of rotatable bonds is 10. The molecule has 0 aromatic heterocycles. The number of methoxy groups -OCH3 is 1. The smallest absolute Gasteiger partial charge is 0.244 e. The van der Waals surface area contributed by atoms with Crippen molar-refractivity contribution in [3.63, 3.8) is 0 Å². The van der Waals surface area contributed by atoms with Crippen LogP contribution < -0.4 is 14.4 Å². The van der Waals surface area contributed by atoms with E-state index in [4.69, 9.17) is 4.74 Å². The monoisotopic (exact) mass is 489 g/mol. The highest BCUT2D eigenvalue weighted by Crippen LogP contribution is 2.24. The summed E-state index contributed by atoms with van der Waals surface area (Å²) in [5.74, 6) is -0.118. The van der Waals surface area contributed by atoms with Crippen molar-refractivity contribution in [3.8, 4) is 5.75 Å². The number of anilines is 1. The predicted octanol–water partition coefficient (Wildman–Crippen LogP) is 3.02. The molecule has 1 N–H and O–H groups in total. The van der Waals surface area contributed by atoms with Crippen LogP contribution >= 0.6 is 0 Å². The molecule has 0 saturated carbocycles. The minimum absolute atomic E-state index is 0.101. The van der Waals surface area contributed by atoms with E-state index in [9.17, 15) is 18.0 Å². The number of hydrogen-bond donors (Lipinski definition) is 1. The Hall–Kier alpha value is -3.07. The first-order valence-corrected chi connectivity index (χ1v) is 13.0. The lowest BCUT2D eigenvalue weighted by Crippen LogP contribution is -2.52. The van der Waals surface area contributed by atoms with Crippen LogP contribution in [0.3, 0.4) is 0 Å². The number of nitrogens with zero attached hydrogens (tertiary/aromatic N) is 2. The molecular formula is C25H35N3O5S. The van der Waals surface area contributed by atoms with Gasteiger partial charge < -0.3 is 15.0 Å². The van der Waals surface area contributed by atoms with E-state index >= 15 is 0 Å². The maximum Gasteiger partial charge on any atom is 0.244 e. The summed E-state index contributed by atoms with van der Waals surface area (Å²) in [6, 6.07) is 11.6. The van der Waals surface area contributed by atoms with E-state index in [0.717, 1.165) is 27.3 Å². The van der Waals surface area contributed by atoms with Crippen LogP contribution in [-0.2, 0) is 26.2 Å². The molecule has 0 spiro atoms. The molecule has 2 aromatic rings. The summed E-state index contributed by atoms with van der Waals surface area (Å²) in [5, 5.41) is 2.83. The maximum absolute atomic E-state index is 13.5. The molecule has 1 unspecified atom stereocenters. The molecule has 0 heterocycles. The number of amides is 2. The molecule has 0 fully saturated rings. The molecule has 2 rings (SSSR count). The summed E-state index contributed by atoms with van der Waals surface area (Å²) < 4.78 is 31.6. The van der Waals surface area contributed by atoms with Gasteiger partial charge >= 0.3 is 0 Å². The van der Waals surface area contributed by atoms with Crippen LogP contribution in [-0.4, -0.2) is 57.1 Å². The SMILES string of the molecule is COc1ccc(CN(C(=O)CN(c2ccc(C)cc2C)S(C)(=O)=O)C(C)C(=O)NC(C)C)cc1. The lowest BCUT2D eigenvalue weighted by Gasteiger charge is -2.32. The number of benzene rings is 2. The number of carbonyl (C=O) groups is 2. The van der Waals surface area contributed by atoms with Crippen LogP contribution in [0, 0.1) is 13.8 Å². The Balaban J connectivity index is 2.41. The van der Waals surface area contributed by atoms with Gasteiger partial charge in [-0.25, -0.2) is 8.42 Å². The van der Waals surface area contributed by atoms with Gasteiger partial charge in [-0.05, 0) is 63.9 Å². The van der Waals surface area contributed by atoms with Crippen LogP contribution in [0.2, 0.25) is 0 Å². The van der Waals surface area contributed by atoms with Crippen molar-refractivity contribution in [3.05, 3.63) is 59.2 Å². The number of sulfonamides is 1.